The van der Waals surface area contributed by atoms with Gasteiger partial charge in [-0.3, -0.25) is 0 Å². The van der Waals surface area contributed by atoms with Gasteiger partial charge in [0.25, 0.3) is 0 Å². The van der Waals surface area contributed by atoms with Crippen LogP contribution in [0.25, 0.3) is 89.4 Å². The summed E-state index contributed by atoms with van der Waals surface area (Å²) in [6, 6.07) is 60.8. The van der Waals surface area contributed by atoms with Gasteiger partial charge in [-0.15, -0.1) is 0 Å². The van der Waals surface area contributed by atoms with Crippen molar-refractivity contribution in [2.75, 3.05) is 0 Å². The highest BCUT2D eigenvalue weighted by molar-refractivity contribution is 6.14. The van der Waals surface area contributed by atoms with Gasteiger partial charge in [-0.2, -0.15) is 5.10 Å². The van der Waals surface area contributed by atoms with Crippen molar-refractivity contribution in [2.24, 2.45) is 0 Å². The normalized spacial score (nSPS) is 11.5. The number of fused-ring (bicyclic) bond motifs is 4. The number of aromatic nitrogens is 6. The molecule has 0 fully saturated rings. The summed E-state index contributed by atoms with van der Waals surface area (Å²) in [6.45, 7) is 0. The van der Waals surface area contributed by atoms with Crippen molar-refractivity contribution in [1.29, 1.82) is 0 Å². The minimum Gasteiger partial charge on any atom is -0.309 e. The van der Waals surface area contributed by atoms with E-state index in [-0.39, 0.29) is 0 Å². The van der Waals surface area contributed by atoms with E-state index in [2.05, 4.69) is 102 Å². The molecule has 0 aliphatic rings. The minimum atomic E-state index is 0.633. The zero-order valence-electron chi connectivity index (χ0n) is 28.0. The van der Waals surface area contributed by atoms with Gasteiger partial charge in [-0.25, -0.2) is 19.6 Å². The molecule has 10 aromatic rings. The lowest BCUT2D eigenvalue weighted by Gasteiger charge is -2.10. The first-order chi connectivity index (χ1) is 25.8. The van der Waals surface area contributed by atoms with Crippen molar-refractivity contribution < 1.29 is 0 Å². The number of rotatable bonds is 6. The van der Waals surface area contributed by atoms with E-state index in [9.17, 15) is 0 Å². The Labute approximate surface area is 300 Å². The maximum Gasteiger partial charge on any atom is 0.164 e. The van der Waals surface area contributed by atoms with Crippen LogP contribution in [-0.4, -0.2) is 29.3 Å². The molecule has 7 aromatic carbocycles. The van der Waals surface area contributed by atoms with Crippen molar-refractivity contribution in [3.8, 4) is 56.7 Å². The van der Waals surface area contributed by atoms with E-state index in [0.717, 1.165) is 61.1 Å². The van der Waals surface area contributed by atoms with Gasteiger partial charge in [0.1, 0.15) is 0 Å². The first kappa shape index (κ1) is 29.7. The van der Waals surface area contributed by atoms with Gasteiger partial charge in [-0.1, -0.05) is 121 Å². The molecule has 0 spiro atoms. The minimum absolute atomic E-state index is 0.633. The van der Waals surface area contributed by atoms with E-state index in [0.29, 0.717) is 17.5 Å². The van der Waals surface area contributed by atoms with Crippen molar-refractivity contribution >= 4 is 32.7 Å². The second-order valence-electron chi connectivity index (χ2n) is 12.8. The summed E-state index contributed by atoms with van der Waals surface area (Å²) in [4.78, 5) is 14.8. The molecule has 3 aromatic heterocycles. The predicted octanol–water partition coefficient (Wildman–Crippen LogP) is 11.0. The molecule has 0 bridgehead atoms. The molecule has 0 N–H and O–H groups in total. The Hall–Kier alpha value is -7.18. The number of hydrogen-bond donors (Lipinski definition) is 0. The third-order valence-corrected chi connectivity index (χ3v) is 9.62. The topological polar surface area (TPSA) is 61.4 Å². The molecule has 0 radical (unpaired) electrons. The first-order valence-electron chi connectivity index (χ1n) is 17.3. The van der Waals surface area contributed by atoms with Gasteiger partial charge < -0.3 is 4.57 Å². The van der Waals surface area contributed by atoms with E-state index in [4.69, 9.17) is 20.1 Å². The molecule has 0 aliphatic carbocycles. The van der Waals surface area contributed by atoms with Crippen molar-refractivity contribution in [3.05, 3.63) is 182 Å². The van der Waals surface area contributed by atoms with Gasteiger partial charge in [0.15, 0.2) is 17.5 Å². The highest BCUT2D eigenvalue weighted by Crippen LogP contribution is 2.38. The number of hydrogen-bond acceptors (Lipinski definition) is 4. The van der Waals surface area contributed by atoms with E-state index < -0.39 is 0 Å². The molecule has 52 heavy (non-hydrogen) atoms. The van der Waals surface area contributed by atoms with E-state index in [1.165, 1.54) is 10.8 Å². The summed E-state index contributed by atoms with van der Waals surface area (Å²) in [6.07, 6.45) is 1.96. The van der Waals surface area contributed by atoms with Crippen LogP contribution in [0.2, 0.25) is 0 Å². The second kappa shape index (κ2) is 12.3. The molecule has 6 nitrogen and oxygen atoms in total. The number of nitrogens with zero attached hydrogens (tertiary/aromatic N) is 6. The third kappa shape index (κ3) is 5.13. The Bertz CT molecular complexity index is 2820. The largest absolute Gasteiger partial charge is 0.309 e. The van der Waals surface area contributed by atoms with Crippen LogP contribution in [0.4, 0.5) is 0 Å². The molecule has 0 saturated heterocycles. The fourth-order valence-corrected chi connectivity index (χ4v) is 7.13. The smallest absolute Gasteiger partial charge is 0.164 e. The molecule has 0 aliphatic heterocycles. The van der Waals surface area contributed by atoms with Crippen molar-refractivity contribution in [2.45, 2.75) is 0 Å². The maximum atomic E-state index is 4.98. The van der Waals surface area contributed by atoms with E-state index in [1.807, 2.05) is 89.7 Å². The zero-order valence-corrected chi connectivity index (χ0v) is 28.0. The molecular formula is C46H30N6. The lowest BCUT2D eigenvalue weighted by atomic mass is 10.00. The number of para-hydroxylation sites is 2. The fraction of sp³-hybridized carbons (Fsp3) is 0. The molecule has 3 heterocycles. The van der Waals surface area contributed by atoms with Crippen LogP contribution in [-0.2, 0) is 0 Å². The summed E-state index contributed by atoms with van der Waals surface area (Å²) in [7, 11) is 0. The average Bonchev–Trinajstić information content (AvgIpc) is 3.79. The molecular weight excluding hydrogens is 637 g/mol. The van der Waals surface area contributed by atoms with Crippen LogP contribution in [0.15, 0.2) is 182 Å². The standard InChI is InChI=1S/C46H30N6/c1-5-14-31(15-6-1)44-48-45(32-16-7-2-8-17-32)50-46(49-44)35-19-13-18-33(26-35)34-24-25-41-39(27-34)40-28-36-30-47-52(38-22-11-4-12-23-38)42(36)29-43(40)51(41)37-20-9-3-10-21-37/h1-30H. The van der Waals surface area contributed by atoms with Crippen molar-refractivity contribution in [1.82, 2.24) is 29.3 Å². The van der Waals surface area contributed by atoms with Gasteiger partial charge in [0.05, 0.1) is 28.4 Å². The van der Waals surface area contributed by atoms with Crippen LogP contribution in [0.3, 0.4) is 0 Å². The van der Waals surface area contributed by atoms with Crippen LogP contribution in [0, 0.1) is 0 Å². The molecule has 0 amide bonds. The van der Waals surface area contributed by atoms with Gasteiger partial charge in [-0.05, 0) is 65.7 Å². The Morgan fingerprint density at radius 1 is 0.346 bits per heavy atom. The summed E-state index contributed by atoms with van der Waals surface area (Å²) >= 11 is 0. The Morgan fingerprint density at radius 3 is 1.52 bits per heavy atom. The van der Waals surface area contributed by atoms with Gasteiger partial charge in [0.2, 0.25) is 0 Å². The first-order valence-corrected chi connectivity index (χ1v) is 17.3. The lowest BCUT2D eigenvalue weighted by molar-refractivity contribution is 0.911. The zero-order chi connectivity index (χ0) is 34.4. The van der Waals surface area contributed by atoms with Crippen LogP contribution >= 0.6 is 0 Å². The average molecular weight is 667 g/mol. The van der Waals surface area contributed by atoms with Crippen molar-refractivity contribution in [3.63, 3.8) is 0 Å². The Balaban J connectivity index is 1.14. The van der Waals surface area contributed by atoms with Crippen LogP contribution < -0.4 is 0 Å². The Kier molecular flexibility index (Phi) is 7.03. The molecule has 0 atom stereocenters. The molecule has 10 rings (SSSR count). The van der Waals surface area contributed by atoms with Crippen LogP contribution in [0.1, 0.15) is 0 Å². The predicted molar refractivity (Wildman–Crippen MR) is 211 cm³/mol. The summed E-state index contributed by atoms with van der Waals surface area (Å²) < 4.78 is 4.37. The van der Waals surface area contributed by atoms with Gasteiger partial charge in [0, 0.05) is 38.5 Å². The maximum absolute atomic E-state index is 4.98. The monoisotopic (exact) mass is 666 g/mol. The van der Waals surface area contributed by atoms with Crippen LogP contribution in [0.5, 0.6) is 0 Å². The molecule has 0 saturated carbocycles. The van der Waals surface area contributed by atoms with E-state index >= 15 is 0 Å². The summed E-state index contributed by atoms with van der Waals surface area (Å²) in [5.74, 6) is 1.92. The molecule has 0 unspecified atom stereocenters. The lowest BCUT2D eigenvalue weighted by Crippen LogP contribution is -2.00. The second-order valence-corrected chi connectivity index (χ2v) is 12.8. The third-order valence-electron chi connectivity index (χ3n) is 9.62. The highest BCUT2D eigenvalue weighted by atomic mass is 15.3. The fourth-order valence-electron chi connectivity index (χ4n) is 7.13. The SMILES string of the molecule is c1ccc(-c2nc(-c3ccccc3)nc(-c3cccc(-c4ccc5c(c4)c4cc6cnn(-c7ccccc7)c6cc4n5-c4ccccc4)c3)n2)cc1. The Morgan fingerprint density at radius 2 is 0.865 bits per heavy atom. The van der Waals surface area contributed by atoms with Gasteiger partial charge >= 0.3 is 0 Å². The summed E-state index contributed by atoms with van der Waals surface area (Å²) in [5.41, 5.74) is 10.5. The quantitative estimate of drug-likeness (QED) is 0.177. The van der Waals surface area contributed by atoms with E-state index in [1.54, 1.807) is 0 Å². The number of benzene rings is 7. The molecule has 6 heteroatoms. The highest BCUT2D eigenvalue weighted by Gasteiger charge is 2.18. The molecule has 244 valence electrons. The summed E-state index contributed by atoms with van der Waals surface area (Å²) in [5, 5.41) is 8.24.